The molecule has 0 aliphatic carbocycles. The van der Waals surface area contributed by atoms with Crippen molar-refractivity contribution >= 4 is 5.97 Å². The Hall–Kier alpha value is -0.850. The highest BCUT2D eigenvalue weighted by atomic mass is 19.3. The van der Waals surface area contributed by atoms with E-state index in [9.17, 15) is 22.4 Å². The summed E-state index contributed by atoms with van der Waals surface area (Å²) in [5, 5.41) is 8.14. The van der Waals surface area contributed by atoms with Crippen LogP contribution in [0.5, 0.6) is 0 Å². The maximum Gasteiger partial charge on any atom is 0.330 e. The molecule has 0 aromatic carbocycles. The SMILES string of the molecule is O=C(O)CCCOCC(F)(F)C(F)F. The van der Waals surface area contributed by atoms with Gasteiger partial charge in [0.2, 0.25) is 0 Å². The summed E-state index contributed by atoms with van der Waals surface area (Å²) in [5.74, 6) is -5.25. The second kappa shape index (κ2) is 5.79. The lowest BCUT2D eigenvalue weighted by Gasteiger charge is -2.14. The molecule has 0 amide bonds. The van der Waals surface area contributed by atoms with E-state index in [2.05, 4.69) is 4.74 Å². The highest BCUT2D eigenvalue weighted by molar-refractivity contribution is 5.66. The van der Waals surface area contributed by atoms with Crippen LogP contribution in [0.4, 0.5) is 17.6 Å². The smallest absolute Gasteiger partial charge is 0.330 e. The first-order chi connectivity index (χ1) is 6.36. The monoisotopic (exact) mass is 218 g/mol. The fraction of sp³-hybridized carbons (Fsp3) is 0.857. The number of aliphatic carboxylic acids is 1. The minimum Gasteiger partial charge on any atom is -0.481 e. The molecule has 14 heavy (non-hydrogen) atoms. The van der Waals surface area contributed by atoms with Crippen LogP contribution in [0.15, 0.2) is 0 Å². The number of ether oxygens (including phenoxy) is 1. The van der Waals surface area contributed by atoms with Gasteiger partial charge < -0.3 is 9.84 Å². The zero-order valence-corrected chi connectivity index (χ0v) is 7.18. The zero-order valence-electron chi connectivity index (χ0n) is 7.18. The van der Waals surface area contributed by atoms with E-state index in [0.29, 0.717) is 0 Å². The van der Waals surface area contributed by atoms with Gasteiger partial charge in [-0.15, -0.1) is 0 Å². The Morgan fingerprint density at radius 2 is 2.00 bits per heavy atom. The van der Waals surface area contributed by atoms with E-state index < -0.39 is 24.9 Å². The predicted octanol–water partition coefficient (Wildman–Crippen LogP) is 1.77. The molecular formula is C7H10F4O3. The summed E-state index contributed by atoms with van der Waals surface area (Å²) in [4.78, 5) is 9.94. The van der Waals surface area contributed by atoms with Crippen LogP contribution in [0.3, 0.4) is 0 Å². The number of carbonyl (C=O) groups is 1. The molecule has 1 N–H and O–H groups in total. The average Bonchev–Trinajstić information content (AvgIpc) is 2.02. The number of halogens is 4. The van der Waals surface area contributed by atoms with Crippen LogP contribution in [0.1, 0.15) is 12.8 Å². The van der Waals surface area contributed by atoms with Gasteiger partial charge in [-0.1, -0.05) is 0 Å². The van der Waals surface area contributed by atoms with Crippen LogP contribution in [0.2, 0.25) is 0 Å². The standard InChI is InChI=1S/C7H10F4O3/c8-6(9)7(10,11)4-14-3-1-2-5(12)13/h6H,1-4H2,(H,12,13). The second-order valence-corrected chi connectivity index (χ2v) is 2.61. The van der Waals surface area contributed by atoms with Crippen LogP contribution >= 0.6 is 0 Å². The molecule has 0 saturated carbocycles. The van der Waals surface area contributed by atoms with Crippen molar-refractivity contribution in [2.75, 3.05) is 13.2 Å². The summed E-state index contributed by atoms with van der Waals surface area (Å²) in [6.07, 6.45) is -3.98. The summed E-state index contributed by atoms with van der Waals surface area (Å²) < 4.78 is 51.6. The van der Waals surface area contributed by atoms with Crippen molar-refractivity contribution < 1.29 is 32.2 Å². The summed E-state index contributed by atoms with van der Waals surface area (Å²) in [6, 6.07) is 0. The van der Waals surface area contributed by atoms with Crippen LogP contribution in [-0.4, -0.2) is 36.6 Å². The highest BCUT2D eigenvalue weighted by Gasteiger charge is 2.40. The lowest BCUT2D eigenvalue weighted by atomic mass is 10.3. The van der Waals surface area contributed by atoms with Gasteiger partial charge in [0.1, 0.15) is 6.61 Å². The van der Waals surface area contributed by atoms with Crippen molar-refractivity contribution in [2.24, 2.45) is 0 Å². The van der Waals surface area contributed by atoms with Crippen molar-refractivity contribution in [1.29, 1.82) is 0 Å². The van der Waals surface area contributed by atoms with Crippen molar-refractivity contribution in [3.8, 4) is 0 Å². The quantitative estimate of drug-likeness (QED) is 0.523. The summed E-state index contributed by atoms with van der Waals surface area (Å²) in [5.41, 5.74) is 0. The number of hydrogen-bond donors (Lipinski definition) is 1. The van der Waals surface area contributed by atoms with Crippen LogP contribution < -0.4 is 0 Å². The third-order valence-electron chi connectivity index (χ3n) is 1.29. The van der Waals surface area contributed by atoms with Crippen molar-refractivity contribution in [2.45, 2.75) is 25.2 Å². The molecule has 7 heteroatoms. The third-order valence-corrected chi connectivity index (χ3v) is 1.29. The molecule has 0 aliphatic rings. The molecule has 0 aromatic heterocycles. The third kappa shape index (κ3) is 5.74. The first-order valence-electron chi connectivity index (χ1n) is 3.82. The predicted molar refractivity (Wildman–Crippen MR) is 38.6 cm³/mol. The number of hydrogen-bond acceptors (Lipinski definition) is 2. The largest absolute Gasteiger partial charge is 0.481 e. The Kier molecular flexibility index (Phi) is 5.44. The Morgan fingerprint density at radius 1 is 1.43 bits per heavy atom. The van der Waals surface area contributed by atoms with Crippen molar-refractivity contribution in [1.82, 2.24) is 0 Å². The van der Waals surface area contributed by atoms with Gasteiger partial charge in [0.25, 0.3) is 0 Å². The molecule has 0 fully saturated rings. The molecule has 0 radical (unpaired) electrons. The normalized spacial score (nSPS) is 12.1. The highest BCUT2D eigenvalue weighted by Crippen LogP contribution is 2.22. The second-order valence-electron chi connectivity index (χ2n) is 2.61. The van der Waals surface area contributed by atoms with Gasteiger partial charge in [-0.05, 0) is 6.42 Å². The molecule has 0 saturated heterocycles. The van der Waals surface area contributed by atoms with E-state index in [1.807, 2.05) is 0 Å². The molecule has 0 bridgehead atoms. The van der Waals surface area contributed by atoms with Gasteiger partial charge in [0.15, 0.2) is 0 Å². The van der Waals surface area contributed by atoms with Crippen LogP contribution in [-0.2, 0) is 9.53 Å². The van der Waals surface area contributed by atoms with Crippen LogP contribution in [0.25, 0.3) is 0 Å². The first-order valence-corrected chi connectivity index (χ1v) is 3.82. The van der Waals surface area contributed by atoms with E-state index in [4.69, 9.17) is 5.11 Å². The first kappa shape index (κ1) is 13.2. The number of alkyl halides is 4. The minimum atomic E-state index is -4.16. The summed E-state index contributed by atoms with van der Waals surface area (Å²) >= 11 is 0. The molecule has 84 valence electrons. The number of rotatable bonds is 7. The summed E-state index contributed by atoms with van der Waals surface area (Å²) in [6.45, 7) is -1.65. The van der Waals surface area contributed by atoms with Crippen molar-refractivity contribution in [3.05, 3.63) is 0 Å². The van der Waals surface area contributed by atoms with E-state index >= 15 is 0 Å². The van der Waals surface area contributed by atoms with Crippen molar-refractivity contribution in [3.63, 3.8) is 0 Å². The molecule has 3 nitrogen and oxygen atoms in total. The Morgan fingerprint density at radius 3 is 2.43 bits per heavy atom. The average molecular weight is 218 g/mol. The molecule has 0 rings (SSSR count). The summed E-state index contributed by atoms with van der Waals surface area (Å²) in [7, 11) is 0. The maximum atomic E-state index is 12.1. The van der Waals surface area contributed by atoms with E-state index in [1.165, 1.54) is 0 Å². The molecule has 0 unspecified atom stereocenters. The van der Waals surface area contributed by atoms with Crippen LogP contribution in [0, 0.1) is 0 Å². The molecule has 0 heterocycles. The topological polar surface area (TPSA) is 46.5 Å². The maximum absolute atomic E-state index is 12.1. The van der Waals surface area contributed by atoms with Gasteiger partial charge in [0, 0.05) is 13.0 Å². The minimum absolute atomic E-state index is 0.0225. The van der Waals surface area contributed by atoms with Gasteiger partial charge in [0.05, 0.1) is 0 Å². The van der Waals surface area contributed by atoms with E-state index in [1.54, 1.807) is 0 Å². The van der Waals surface area contributed by atoms with Gasteiger partial charge in [-0.3, -0.25) is 4.79 Å². The lowest BCUT2D eigenvalue weighted by Crippen LogP contribution is -2.32. The number of carboxylic acid groups (broad SMARTS) is 1. The van der Waals surface area contributed by atoms with E-state index in [0.717, 1.165) is 0 Å². The number of carboxylic acids is 1. The Bertz CT molecular complexity index is 184. The lowest BCUT2D eigenvalue weighted by molar-refractivity contribution is -0.166. The molecule has 0 atom stereocenters. The molecule has 0 aromatic rings. The molecule has 0 aliphatic heterocycles. The zero-order chi connectivity index (χ0) is 11.2. The van der Waals surface area contributed by atoms with E-state index in [-0.39, 0.29) is 19.4 Å². The Labute approximate surface area is 77.7 Å². The molecule has 0 spiro atoms. The Balaban J connectivity index is 3.49. The van der Waals surface area contributed by atoms with Gasteiger partial charge >= 0.3 is 18.3 Å². The fourth-order valence-corrected chi connectivity index (χ4v) is 0.597. The van der Waals surface area contributed by atoms with Gasteiger partial charge in [-0.25, -0.2) is 8.78 Å². The molecular weight excluding hydrogens is 208 g/mol. The fourth-order valence-electron chi connectivity index (χ4n) is 0.597. The van der Waals surface area contributed by atoms with Gasteiger partial charge in [-0.2, -0.15) is 8.78 Å².